The number of carbonyl (C=O) groups is 1. The summed E-state index contributed by atoms with van der Waals surface area (Å²) in [5.41, 5.74) is 2.32. The van der Waals surface area contributed by atoms with Crippen molar-refractivity contribution in [2.75, 3.05) is 26.7 Å². The zero-order valence-electron chi connectivity index (χ0n) is 15.4. The van der Waals surface area contributed by atoms with Crippen LogP contribution in [0, 0.1) is 0 Å². The highest BCUT2D eigenvalue weighted by atomic mass is 16.2. The quantitative estimate of drug-likeness (QED) is 0.751. The molecular weight excluding hydrogens is 322 g/mol. The molecule has 1 saturated heterocycles. The third-order valence-electron chi connectivity index (χ3n) is 5.04. The predicted molar refractivity (Wildman–Crippen MR) is 106 cm³/mol. The van der Waals surface area contributed by atoms with Crippen molar-refractivity contribution in [2.24, 2.45) is 0 Å². The van der Waals surface area contributed by atoms with Crippen LogP contribution < -0.4 is 0 Å². The maximum Gasteiger partial charge on any atom is 0.246 e. The van der Waals surface area contributed by atoms with Gasteiger partial charge in [0.05, 0.1) is 0 Å². The van der Waals surface area contributed by atoms with Crippen molar-refractivity contribution in [3.8, 4) is 0 Å². The summed E-state index contributed by atoms with van der Waals surface area (Å²) in [6.45, 7) is 3.13. The van der Waals surface area contributed by atoms with Gasteiger partial charge in [-0.3, -0.25) is 9.78 Å². The summed E-state index contributed by atoms with van der Waals surface area (Å²) >= 11 is 0. The molecule has 26 heavy (non-hydrogen) atoms. The lowest BCUT2D eigenvalue weighted by molar-refractivity contribution is -0.127. The number of hydrogen-bond acceptors (Lipinski definition) is 3. The van der Waals surface area contributed by atoms with Gasteiger partial charge < -0.3 is 9.80 Å². The number of likely N-dealkylation sites (tertiary alicyclic amines) is 1. The second-order valence-corrected chi connectivity index (χ2v) is 6.90. The molecule has 0 spiro atoms. The number of likely N-dealkylation sites (N-methyl/N-ethyl adjacent to an activating group) is 1. The fourth-order valence-electron chi connectivity index (χ4n) is 3.42. The first-order chi connectivity index (χ1) is 12.7. The molecule has 0 saturated carbocycles. The average molecular weight is 349 g/mol. The normalized spacial score (nSPS) is 18.1. The molecular formula is C22H27N3O. The van der Waals surface area contributed by atoms with Crippen molar-refractivity contribution in [3.63, 3.8) is 0 Å². The molecule has 4 nitrogen and oxygen atoms in total. The Labute approximate surface area is 156 Å². The molecule has 1 aromatic carbocycles. The molecule has 0 aliphatic carbocycles. The zero-order valence-corrected chi connectivity index (χ0v) is 15.4. The summed E-state index contributed by atoms with van der Waals surface area (Å²) < 4.78 is 0. The van der Waals surface area contributed by atoms with Crippen molar-refractivity contribution in [1.82, 2.24) is 14.8 Å². The zero-order chi connectivity index (χ0) is 18.2. The number of benzene rings is 1. The van der Waals surface area contributed by atoms with E-state index in [4.69, 9.17) is 0 Å². The second kappa shape index (κ2) is 9.30. The number of amides is 1. The maximum absolute atomic E-state index is 12.5. The lowest BCUT2D eigenvalue weighted by atomic mass is 10.0. The number of aromatic nitrogens is 1. The first-order valence-corrected chi connectivity index (χ1v) is 9.33. The van der Waals surface area contributed by atoms with E-state index in [1.807, 2.05) is 30.2 Å². The molecule has 1 aromatic heterocycles. The number of hydrogen-bond donors (Lipinski definition) is 0. The van der Waals surface area contributed by atoms with Crippen LogP contribution in [0.4, 0.5) is 0 Å². The van der Waals surface area contributed by atoms with Crippen molar-refractivity contribution in [2.45, 2.75) is 25.3 Å². The van der Waals surface area contributed by atoms with Gasteiger partial charge >= 0.3 is 0 Å². The van der Waals surface area contributed by atoms with Gasteiger partial charge in [0.2, 0.25) is 5.91 Å². The van der Waals surface area contributed by atoms with E-state index in [1.165, 1.54) is 5.56 Å². The van der Waals surface area contributed by atoms with Crippen LogP contribution in [0.15, 0.2) is 60.9 Å². The Kier molecular flexibility index (Phi) is 6.56. The minimum Gasteiger partial charge on any atom is -0.338 e. The van der Waals surface area contributed by atoms with E-state index in [0.717, 1.165) is 44.5 Å². The van der Waals surface area contributed by atoms with Gasteiger partial charge in [-0.2, -0.15) is 0 Å². The van der Waals surface area contributed by atoms with Gasteiger partial charge in [0.1, 0.15) is 0 Å². The summed E-state index contributed by atoms with van der Waals surface area (Å²) in [5.74, 6) is 0.0590. The average Bonchev–Trinajstić information content (AvgIpc) is 2.71. The Hall–Kier alpha value is -2.46. The second-order valence-electron chi connectivity index (χ2n) is 6.90. The molecule has 1 aliphatic rings. The van der Waals surface area contributed by atoms with Crippen LogP contribution >= 0.6 is 0 Å². The van der Waals surface area contributed by atoms with Crippen LogP contribution in [0.5, 0.6) is 0 Å². The molecule has 1 atom stereocenters. The highest BCUT2D eigenvalue weighted by molar-refractivity contribution is 5.91. The third kappa shape index (κ3) is 5.27. The van der Waals surface area contributed by atoms with E-state index >= 15 is 0 Å². The topological polar surface area (TPSA) is 36.4 Å². The number of carbonyl (C=O) groups excluding carboxylic acids is 1. The summed E-state index contributed by atoms with van der Waals surface area (Å²) in [7, 11) is 1.92. The van der Waals surface area contributed by atoms with Gasteiger partial charge in [0, 0.05) is 44.6 Å². The number of pyridine rings is 1. The molecule has 1 aliphatic heterocycles. The monoisotopic (exact) mass is 349 g/mol. The number of piperidine rings is 1. The first-order valence-electron chi connectivity index (χ1n) is 9.33. The highest BCUT2D eigenvalue weighted by Crippen LogP contribution is 2.16. The van der Waals surface area contributed by atoms with Gasteiger partial charge in [-0.25, -0.2) is 0 Å². The predicted octanol–water partition coefficient (Wildman–Crippen LogP) is 3.26. The van der Waals surface area contributed by atoms with Crippen LogP contribution in [-0.4, -0.2) is 53.4 Å². The fourth-order valence-corrected chi connectivity index (χ4v) is 3.42. The summed E-state index contributed by atoms with van der Waals surface area (Å²) in [6, 6.07) is 14.7. The van der Waals surface area contributed by atoms with E-state index < -0.39 is 0 Å². The van der Waals surface area contributed by atoms with Crippen molar-refractivity contribution >= 4 is 12.0 Å². The summed E-state index contributed by atoms with van der Waals surface area (Å²) in [5, 5.41) is 0. The van der Waals surface area contributed by atoms with E-state index in [-0.39, 0.29) is 11.9 Å². The van der Waals surface area contributed by atoms with Gasteiger partial charge in [-0.1, -0.05) is 36.4 Å². The van der Waals surface area contributed by atoms with Gasteiger partial charge in [-0.05, 0) is 49.1 Å². The van der Waals surface area contributed by atoms with E-state index in [2.05, 4.69) is 40.2 Å². The molecule has 3 rings (SSSR count). The van der Waals surface area contributed by atoms with Crippen LogP contribution in [0.25, 0.3) is 6.08 Å². The lowest BCUT2D eigenvalue weighted by Gasteiger charge is -2.37. The SMILES string of the molecule is CN(C(=O)/C=C/c1cccnc1)[C@@H]1CCCN(CCc2ccccc2)C1. The largest absolute Gasteiger partial charge is 0.338 e. The highest BCUT2D eigenvalue weighted by Gasteiger charge is 2.24. The molecule has 2 heterocycles. The summed E-state index contributed by atoms with van der Waals surface area (Å²) in [4.78, 5) is 20.9. The van der Waals surface area contributed by atoms with E-state index in [0.29, 0.717) is 0 Å². The van der Waals surface area contributed by atoms with Gasteiger partial charge in [0.15, 0.2) is 0 Å². The Morgan fingerprint density at radius 2 is 2.12 bits per heavy atom. The standard InChI is InChI=1S/C22H27N3O/c1-24(22(26)12-11-20-9-5-14-23-17-20)21-10-6-15-25(18-21)16-13-19-7-3-2-4-8-19/h2-5,7-9,11-12,14,17,21H,6,10,13,15-16,18H2,1H3/b12-11+/t21-/m1/s1. The lowest BCUT2D eigenvalue weighted by Crippen LogP contribution is -2.48. The Morgan fingerprint density at radius 1 is 1.27 bits per heavy atom. The molecule has 0 radical (unpaired) electrons. The molecule has 0 bridgehead atoms. The molecule has 2 aromatic rings. The molecule has 0 unspecified atom stereocenters. The van der Waals surface area contributed by atoms with Crippen LogP contribution in [0.2, 0.25) is 0 Å². The summed E-state index contributed by atoms with van der Waals surface area (Å²) in [6.07, 6.45) is 10.3. The number of nitrogens with zero attached hydrogens (tertiary/aromatic N) is 3. The minimum atomic E-state index is 0.0590. The van der Waals surface area contributed by atoms with Crippen LogP contribution in [0.1, 0.15) is 24.0 Å². The van der Waals surface area contributed by atoms with Crippen LogP contribution in [0.3, 0.4) is 0 Å². The minimum absolute atomic E-state index is 0.0590. The smallest absolute Gasteiger partial charge is 0.246 e. The van der Waals surface area contributed by atoms with Crippen molar-refractivity contribution < 1.29 is 4.79 Å². The Morgan fingerprint density at radius 3 is 2.88 bits per heavy atom. The molecule has 4 heteroatoms. The van der Waals surface area contributed by atoms with E-state index in [1.54, 1.807) is 18.5 Å². The maximum atomic E-state index is 12.5. The molecule has 136 valence electrons. The van der Waals surface area contributed by atoms with Crippen LogP contribution in [-0.2, 0) is 11.2 Å². The Bertz CT molecular complexity index is 715. The first kappa shape index (κ1) is 18.3. The molecule has 1 fully saturated rings. The molecule has 1 amide bonds. The Balaban J connectivity index is 1.51. The van der Waals surface area contributed by atoms with Gasteiger partial charge in [0.25, 0.3) is 0 Å². The van der Waals surface area contributed by atoms with Crippen molar-refractivity contribution in [3.05, 3.63) is 72.1 Å². The molecule has 0 N–H and O–H groups in total. The number of rotatable bonds is 6. The third-order valence-corrected chi connectivity index (χ3v) is 5.04. The van der Waals surface area contributed by atoms with E-state index in [9.17, 15) is 4.79 Å². The van der Waals surface area contributed by atoms with Crippen molar-refractivity contribution in [1.29, 1.82) is 0 Å². The van der Waals surface area contributed by atoms with Gasteiger partial charge in [-0.15, -0.1) is 0 Å². The fraction of sp³-hybridized carbons (Fsp3) is 0.364.